The van der Waals surface area contributed by atoms with Gasteiger partial charge in [0.25, 0.3) is 0 Å². The van der Waals surface area contributed by atoms with Crippen LogP contribution in [0.3, 0.4) is 0 Å². The van der Waals surface area contributed by atoms with Crippen LogP contribution in [0, 0.1) is 0 Å². The third-order valence-corrected chi connectivity index (χ3v) is 29.9. The molecule has 8 aromatic carbocycles. The lowest BCUT2D eigenvalue weighted by molar-refractivity contribution is -0.121. The van der Waals surface area contributed by atoms with E-state index in [1.807, 2.05) is 106 Å². The Balaban J connectivity index is 0.603. The van der Waals surface area contributed by atoms with Gasteiger partial charge in [-0.1, -0.05) is 154 Å². The Morgan fingerprint density at radius 1 is 0.361 bits per heavy atom. The monoisotopic (exact) mass is 2030 g/mol. The zero-order valence-corrected chi connectivity index (χ0v) is 82.9. The van der Waals surface area contributed by atoms with Crippen LogP contribution in [0.25, 0.3) is 11.1 Å². The Morgan fingerprint density at radius 3 is 1.02 bits per heavy atom. The number of benzene rings is 8. The molecule has 11 rings (SSSR count). The van der Waals surface area contributed by atoms with Gasteiger partial charge in [-0.3, -0.25) is 14.4 Å². The number of carbonyl (C=O) groups excluding carboxylic acids is 3. The lowest BCUT2D eigenvalue weighted by atomic mass is 9.83. The van der Waals surface area contributed by atoms with Crippen molar-refractivity contribution in [2.75, 3.05) is 198 Å². The van der Waals surface area contributed by atoms with Gasteiger partial charge in [0.05, 0.1) is 133 Å². The van der Waals surface area contributed by atoms with E-state index in [0.29, 0.717) is 87.4 Å². The van der Waals surface area contributed by atoms with Crippen molar-refractivity contribution < 1.29 is 82.3 Å². The van der Waals surface area contributed by atoms with Crippen LogP contribution >= 0.6 is 81.2 Å². The molecule has 6 N–H and O–H groups in total. The van der Waals surface area contributed by atoms with Crippen molar-refractivity contribution >= 4 is 129 Å². The summed E-state index contributed by atoms with van der Waals surface area (Å²) in [5, 5.41) is 16.5. The molecule has 724 valence electrons. The molecule has 0 saturated carbocycles. The summed E-state index contributed by atoms with van der Waals surface area (Å²) in [6.45, 7) is 8.85. The number of halogens is 7. The topological polar surface area (TPSA) is 319 Å². The normalized spacial score (nSPS) is 15.6. The van der Waals surface area contributed by atoms with Gasteiger partial charge < -0.3 is 78.6 Å². The molecular weight excluding hydrogens is 1910 g/mol. The van der Waals surface area contributed by atoms with E-state index in [-0.39, 0.29) is 246 Å². The zero-order valence-electron chi connectivity index (χ0n) is 75.2. The third kappa shape index (κ3) is 34.2. The highest BCUT2D eigenvalue weighted by molar-refractivity contribution is 7.91. The van der Waals surface area contributed by atoms with Crippen LogP contribution in [-0.4, -0.2) is 261 Å². The van der Waals surface area contributed by atoms with Crippen LogP contribution in [0.4, 0.5) is 0 Å². The summed E-state index contributed by atoms with van der Waals surface area (Å²) < 4.78 is 138. The number of hydrogen-bond acceptors (Lipinski definition) is 22. The van der Waals surface area contributed by atoms with Crippen molar-refractivity contribution in [1.29, 1.82) is 0 Å². The van der Waals surface area contributed by atoms with E-state index in [2.05, 4.69) is 45.4 Å². The van der Waals surface area contributed by atoms with Gasteiger partial charge in [-0.25, -0.2) is 34.7 Å². The van der Waals surface area contributed by atoms with E-state index < -0.39 is 35.4 Å². The van der Waals surface area contributed by atoms with E-state index in [1.165, 1.54) is 0 Å². The highest BCUT2D eigenvalue weighted by Crippen LogP contribution is 2.43. The Bertz CT molecular complexity index is 5020. The van der Waals surface area contributed by atoms with Crippen LogP contribution in [0.15, 0.2) is 172 Å². The molecule has 0 saturated heterocycles. The maximum atomic E-state index is 13.8. The molecule has 27 nitrogen and oxygen atoms in total. The Morgan fingerprint density at radius 2 is 0.669 bits per heavy atom. The minimum absolute atomic E-state index is 0.0394. The molecule has 0 bridgehead atoms. The molecule has 3 heterocycles. The van der Waals surface area contributed by atoms with Crippen molar-refractivity contribution in [2.45, 2.75) is 109 Å². The predicted molar refractivity (Wildman–Crippen MR) is 521 cm³/mol. The summed E-state index contributed by atoms with van der Waals surface area (Å²) in [6.07, 6.45) is 1.16. The van der Waals surface area contributed by atoms with Gasteiger partial charge in [-0.15, -0.1) is 0 Å². The first kappa shape index (κ1) is 107. The van der Waals surface area contributed by atoms with Crippen molar-refractivity contribution in [3.05, 3.63) is 249 Å². The van der Waals surface area contributed by atoms with Gasteiger partial charge in [0, 0.05) is 163 Å². The Labute approximate surface area is 817 Å². The number of rotatable bonds is 58. The number of likely N-dealkylation sites (N-methyl/N-ethyl adjacent to an activating group) is 3. The lowest BCUT2D eigenvalue weighted by Crippen LogP contribution is -2.47. The third-order valence-electron chi connectivity index (χ3n) is 23.2. The molecule has 8 aromatic rings. The van der Waals surface area contributed by atoms with Crippen LogP contribution in [0.1, 0.15) is 118 Å². The minimum Gasteiger partial charge on any atom is -0.379 e. The average Bonchev–Trinajstić information content (AvgIpc) is 0.778. The number of sulfonamides is 2. The van der Waals surface area contributed by atoms with Gasteiger partial charge in [0.1, 0.15) is 0 Å². The van der Waals surface area contributed by atoms with Crippen molar-refractivity contribution in [2.24, 2.45) is 0 Å². The fraction of sp³-hybridized carbons (Fsp3) is 0.469. The average molecular weight is 2030 g/mol. The first-order valence-electron chi connectivity index (χ1n) is 44.6. The van der Waals surface area contributed by atoms with Crippen molar-refractivity contribution in [1.82, 2.24) is 45.4 Å². The van der Waals surface area contributed by atoms with Gasteiger partial charge in [0.15, 0.2) is 9.84 Å². The van der Waals surface area contributed by atoms with E-state index in [4.69, 9.17) is 124 Å². The van der Waals surface area contributed by atoms with E-state index in [9.17, 15) is 39.6 Å². The van der Waals surface area contributed by atoms with Gasteiger partial charge >= 0.3 is 0 Å². The largest absolute Gasteiger partial charge is 0.379 e. The summed E-state index contributed by atoms with van der Waals surface area (Å²) in [5.74, 6) is -1.25. The van der Waals surface area contributed by atoms with Crippen molar-refractivity contribution in [3.63, 3.8) is 0 Å². The van der Waals surface area contributed by atoms with Gasteiger partial charge in [-0.2, -0.15) is 0 Å². The first-order chi connectivity index (χ1) is 64.0. The fourth-order valence-corrected chi connectivity index (χ4v) is 21.7. The Kier molecular flexibility index (Phi) is 43.5. The van der Waals surface area contributed by atoms with Crippen LogP contribution in [0.2, 0.25) is 35.2 Å². The number of carbonyl (C=O) groups is 3. The van der Waals surface area contributed by atoms with Gasteiger partial charge in [-0.05, 0) is 199 Å². The lowest BCUT2D eigenvalue weighted by Gasteiger charge is -2.35. The summed E-state index contributed by atoms with van der Waals surface area (Å²) in [4.78, 5) is 48.4. The second kappa shape index (κ2) is 54.1. The van der Waals surface area contributed by atoms with Crippen LogP contribution in [-0.2, 0) is 113 Å². The summed E-state index contributed by atoms with van der Waals surface area (Å²) in [6, 6.07) is 47.3. The molecule has 0 unspecified atom stereocenters. The second-order valence-corrected chi connectivity index (χ2v) is 41.8. The van der Waals surface area contributed by atoms with E-state index in [0.717, 1.165) is 66.8 Å². The molecule has 3 atom stereocenters. The van der Waals surface area contributed by atoms with Crippen molar-refractivity contribution in [3.8, 4) is 11.1 Å². The quantitative estimate of drug-likeness (QED) is 0.0193. The number of sulfone groups is 1. The molecule has 37 heteroatoms. The maximum Gasteiger partial charge on any atom is 0.240 e. The number of fused-ring (bicyclic) bond motifs is 3. The van der Waals surface area contributed by atoms with E-state index in [1.54, 1.807) is 72.8 Å². The molecule has 0 fully saturated rings. The molecule has 133 heavy (non-hydrogen) atoms. The molecule has 0 aromatic heterocycles. The maximum absolute atomic E-state index is 13.8. The van der Waals surface area contributed by atoms with Crippen LogP contribution in [0.5, 0.6) is 0 Å². The number of ether oxygens (including phenoxy) is 9. The fourth-order valence-electron chi connectivity index (χ4n) is 16.4. The number of hydrogen-bond donors (Lipinski definition) is 6. The summed E-state index contributed by atoms with van der Waals surface area (Å²) in [5.41, 5.74) is 10.4. The predicted octanol–water partition coefficient (Wildman–Crippen LogP) is 14.1. The molecule has 3 aliphatic heterocycles. The molecular formula is C96H120Cl7N9O18S3. The molecule has 3 aliphatic rings. The first-order valence-corrected chi connectivity index (χ1v) is 51.9. The molecule has 0 radical (unpaired) electrons. The smallest absolute Gasteiger partial charge is 0.240 e. The van der Waals surface area contributed by atoms with Crippen LogP contribution < -0.4 is 30.7 Å². The second-order valence-electron chi connectivity index (χ2n) is 33.2. The molecule has 3 amide bonds. The summed E-state index contributed by atoms with van der Waals surface area (Å²) in [7, 11) is -5.36. The summed E-state index contributed by atoms with van der Waals surface area (Å²) >= 11 is 45.3. The zero-order chi connectivity index (χ0) is 94.8. The molecule has 0 spiro atoms. The standard InChI is InChI=1S/C96H120Cl7N9O18S3/c1-110-62-84(81-55-75(98)58-90(101)87(81)65-110)71-8-4-11-78(52-71)131(116,117)51-7-33-122-39-45-128-46-40-123-34-28-104-93(113)22-25-96(107-61-68-14-16-69(17-15-68)70-18-20-74(97)21-19-70,26-23-94(114)105-29-35-124-41-47-129-49-43-126-37-31-108-132(118,119)79-12-5-9-72(53-79)85-63-111(2)66-88-82(85)56-76(99)59-91(88)102)27-24-95(115)106-30-36-125-42-48-130-50-44-127-38-32-109-133(120,121)80-13-6-10-73(54-80)86-64-112(3)67-89-83(86)57-77(100)60-92(89)103/h4-6,8-21,52-60,84-86,107-109H,7,22-51,61-67H2,1-3H3,(H,104,113)(H,105,114)(H,106,115)/t84-,85-,86-/m0/s1. The minimum atomic E-state index is -3.87. The highest BCUT2D eigenvalue weighted by Gasteiger charge is 2.35. The van der Waals surface area contributed by atoms with E-state index >= 15 is 0 Å². The van der Waals surface area contributed by atoms with Gasteiger partial charge in [0.2, 0.25) is 37.8 Å². The Hall–Kier alpha value is -6.55. The number of nitrogens with zero attached hydrogens (tertiary/aromatic N) is 3. The number of nitrogens with one attached hydrogen (secondary N) is 6. The SMILES string of the molecule is CN1Cc2c(Cl)cc(Cl)cc2[C@H](c2cccc(S(=O)(=O)CCCOCCOCCOCCNC(=O)CCC(CCC(=O)NCCOCCOCCOCCNS(=O)(=O)c3cccc([C@@H]4CN(C)Cc5c(Cl)cc(Cl)cc54)c3)(CCC(=O)NCCOCCOCCOCCNS(=O)(=O)c3cccc([C@@H]4CN(C)Cc5c(Cl)cc(Cl)cc54)c3)NCc3ccc(-c4ccc(Cl)cc4)cc3)c2)C1. The molecule has 0 aliphatic carbocycles. The highest BCUT2D eigenvalue weighted by atomic mass is 35.5. The number of amides is 3.